The first-order chi connectivity index (χ1) is 17.4. The maximum absolute atomic E-state index is 15.7. The smallest absolute Gasteiger partial charge is 0.299 e. The summed E-state index contributed by atoms with van der Waals surface area (Å²) in [6.07, 6.45) is 0. The molecule has 0 fully saturated rings. The van der Waals surface area contributed by atoms with Gasteiger partial charge in [-0.25, -0.2) is 9.37 Å². The van der Waals surface area contributed by atoms with Crippen LogP contribution in [-0.2, 0) is 13.1 Å². The lowest BCUT2D eigenvalue weighted by molar-refractivity contribution is 0.0943. The lowest BCUT2D eigenvalue weighted by atomic mass is 10.1. The van der Waals surface area contributed by atoms with Gasteiger partial charge in [0.1, 0.15) is 23.2 Å². The zero-order chi connectivity index (χ0) is 25.2. The van der Waals surface area contributed by atoms with Crippen molar-refractivity contribution in [2.24, 2.45) is 0 Å². The fraction of sp³-hybridized carbons (Fsp3) is 0.0909. The summed E-state index contributed by atoms with van der Waals surface area (Å²) in [5, 5.41) is 20.1. The lowest BCUT2D eigenvalue weighted by Crippen LogP contribution is -2.23. The van der Waals surface area contributed by atoms with Gasteiger partial charge in [-0.15, -0.1) is 22.7 Å². The zero-order valence-corrected chi connectivity index (χ0v) is 21.2. The molecule has 5 heterocycles. The largest absolute Gasteiger partial charge is 0.363 e. The zero-order valence-electron chi connectivity index (χ0n) is 18.0. The number of nitriles is 1. The van der Waals surface area contributed by atoms with Crippen LogP contribution in [0.3, 0.4) is 0 Å². The number of nitrogens with zero attached hydrogens (tertiary/aromatic N) is 6. The van der Waals surface area contributed by atoms with Gasteiger partial charge in [-0.2, -0.15) is 19.4 Å². The van der Waals surface area contributed by atoms with Crippen LogP contribution >= 0.6 is 45.8 Å². The Morgan fingerprint density at radius 1 is 1.28 bits per heavy atom. The molecule has 0 aliphatic rings. The lowest BCUT2D eigenvalue weighted by Gasteiger charge is -2.08. The Labute approximate surface area is 219 Å². The van der Waals surface area contributed by atoms with Gasteiger partial charge in [-0.05, 0) is 35.8 Å². The molecule has 9 nitrogen and oxygen atoms in total. The summed E-state index contributed by atoms with van der Waals surface area (Å²) in [5.41, 5.74) is 1.63. The number of carbonyl (C=O) groups is 1. The van der Waals surface area contributed by atoms with Crippen LogP contribution < -0.4 is 10.9 Å². The number of nitrogens with one attached hydrogen (secondary N) is 1. The predicted molar refractivity (Wildman–Crippen MR) is 136 cm³/mol. The average Bonchev–Trinajstić information content (AvgIpc) is 3.67. The number of hydrogen-bond acceptors (Lipinski definition) is 10. The molecule has 0 bridgehead atoms. The van der Waals surface area contributed by atoms with Gasteiger partial charge in [-0.1, -0.05) is 11.6 Å². The average molecular weight is 558 g/mol. The number of halogens is 2. The molecule has 0 aromatic carbocycles. The van der Waals surface area contributed by atoms with Crippen molar-refractivity contribution in [1.29, 1.82) is 5.26 Å². The molecule has 1 N–H and O–H groups in total. The Morgan fingerprint density at radius 2 is 2.14 bits per heavy atom. The Balaban J connectivity index is 1.57. The van der Waals surface area contributed by atoms with Crippen molar-refractivity contribution in [2.75, 3.05) is 5.32 Å². The van der Waals surface area contributed by atoms with Crippen LogP contribution in [0.2, 0.25) is 4.34 Å². The van der Waals surface area contributed by atoms with Gasteiger partial charge < -0.3 is 5.32 Å². The monoisotopic (exact) mass is 557 g/mol. The van der Waals surface area contributed by atoms with Gasteiger partial charge in [0.2, 0.25) is 0 Å². The van der Waals surface area contributed by atoms with Crippen molar-refractivity contribution in [2.45, 2.75) is 13.1 Å². The SMILES string of the molecule is N#Cc1cc(-c2nn(C(=O)c3ccsn3)c(NCc3ccc(Cl)s3)c2F)cc(=O)n1Cc1cscn1. The van der Waals surface area contributed by atoms with E-state index < -0.39 is 17.3 Å². The van der Waals surface area contributed by atoms with Crippen molar-refractivity contribution in [3.63, 3.8) is 0 Å². The van der Waals surface area contributed by atoms with E-state index >= 15 is 4.39 Å². The fourth-order valence-electron chi connectivity index (χ4n) is 3.40. The maximum Gasteiger partial charge on any atom is 0.299 e. The Bertz CT molecular complexity index is 1650. The number of pyridine rings is 1. The highest BCUT2D eigenvalue weighted by atomic mass is 35.5. The number of aromatic nitrogens is 5. The molecular formula is C22H13ClFN7O2S3. The summed E-state index contributed by atoms with van der Waals surface area (Å²) < 4.78 is 22.4. The molecule has 36 heavy (non-hydrogen) atoms. The maximum atomic E-state index is 15.7. The van der Waals surface area contributed by atoms with Crippen LogP contribution in [0.25, 0.3) is 11.3 Å². The van der Waals surface area contributed by atoms with Crippen molar-refractivity contribution in [3.8, 4) is 17.3 Å². The van der Waals surface area contributed by atoms with Crippen molar-refractivity contribution < 1.29 is 9.18 Å². The molecule has 14 heteroatoms. The summed E-state index contributed by atoms with van der Waals surface area (Å²) >= 11 is 9.74. The van der Waals surface area contributed by atoms with Crippen molar-refractivity contribution in [1.82, 2.24) is 23.7 Å². The molecule has 0 aliphatic carbocycles. The molecule has 0 radical (unpaired) electrons. The molecule has 5 aromatic rings. The molecule has 0 saturated heterocycles. The quantitative estimate of drug-likeness (QED) is 0.308. The summed E-state index contributed by atoms with van der Waals surface area (Å²) in [5.74, 6) is -1.69. The topological polar surface area (TPSA) is 118 Å². The van der Waals surface area contributed by atoms with Gasteiger partial charge >= 0.3 is 0 Å². The number of rotatable bonds is 7. The molecule has 0 unspecified atom stereocenters. The minimum absolute atomic E-state index is 0.00742. The van der Waals surface area contributed by atoms with Crippen LogP contribution in [0, 0.1) is 17.1 Å². The van der Waals surface area contributed by atoms with Crippen LogP contribution in [0.4, 0.5) is 10.2 Å². The Kier molecular flexibility index (Phi) is 6.75. The van der Waals surface area contributed by atoms with Crippen LogP contribution in [0.1, 0.15) is 26.8 Å². The van der Waals surface area contributed by atoms with Gasteiger partial charge in [0.05, 0.1) is 28.6 Å². The number of anilines is 1. The minimum Gasteiger partial charge on any atom is -0.363 e. The Morgan fingerprint density at radius 3 is 2.81 bits per heavy atom. The molecule has 180 valence electrons. The third-order valence-corrected chi connectivity index (χ3v) is 7.48. The van der Waals surface area contributed by atoms with Crippen LogP contribution in [0.5, 0.6) is 0 Å². The minimum atomic E-state index is -0.846. The molecular weight excluding hydrogens is 545 g/mol. The van der Waals surface area contributed by atoms with Gasteiger partial charge in [0, 0.05) is 27.3 Å². The van der Waals surface area contributed by atoms with E-state index in [9.17, 15) is 14.9 Å². The summed E-state index contributed by atoms with van der Waals surface area (Å²) in [7, 11) is 0. The number of hydrogen-bond donors (Lipinski definition) is 1. The highest BCUT2D eigenvalue weighted by molar-refractivity contribution is 7.16. The Hall–Kier alpha value is -3.70. The summed E-state index contributed by atoms with van der Waals surface area (Å²) in [4.78, 5) is 30.9. The predicted octanol–water partition coefficient (Wildman–Crippen LogP) is 4.70. The highest BCUT2D eigenvalue weighted by Crippen LogP contribution is 2.29. The number of thiazole rings is 1. The summed E-state index contributed by atoms with van der Waals surface area (Å²) in [6, 6.07) is 9.51. The molecule has 0 saturated carbocycles. The molecule has 0 atom stereocenters. The van der Waals surface area contributed by atoms with E-state index in [1.807, 2.05) is 6.07 Å². The van der Waals surface area contributed by atoms with Gasteiger partial charge in [0.15, 0.2) is 11.6 Å². The number of thiophene rings is 1. The van der Waals surface area contributed by atoms with Crippen molar-refractivity contribution in [3.05, 3.63) is 89.1 Å². The first kappa shape index (κ1) is 24.0. The number of carbonyl (C=O) groups excluding carboxylic acids is 1. The van der Waals surface area contributed by atoms with Crippen LogP contribution in [-0.4, -0.2) is 29.6 Å². The molecule has 0 amide bonds. The van der Waals surface area contributed by atoms with E-state index in [1.54, 1.807) is 28.4 Å². The third kappa shape index (κ3) is 4.71. The van der Waals surface area contributed by atoms with E-state index in [1.165, 1.54) is 45.4 Å². The second-order valence-electron chi connectivity index (χ2n) is 7.32. The van der Waals surface area contributed by atoms with E-state index in [4.69, 9.17) is 11.6 Å². The van der Waals surface area contributed by atoms with E-state index in [2.05, 4.69) is 19.8 Å². The highest BCUT2D eigenvalue weighted by Gasteiger charge is 2.26. The second kappa shape index (κ2) is 10.1. The standard InChI is InChI=1S/C22H13ClFN7O2S3/c23-17-2-1-15(36-17)8-26-21-19(24)20(28-31(21)22(33)16-3-4-35-29-16)12-5-14(7-25)30(18(32)6-12)9-13-10-34-11-27-13/h1-6,10-11,26H,8-9H2. The third-order valence-electron chi connectivity index (χ3n) is 5.06. The van der Waals surface area contributed by atoms with Gasteiger partial charge in [-0.3, -0.25) is 14.2 Å². The molecule has 5 rings (SSSR count). The van der Waals surface area contributed by atoms with Gasteiger partial charge in [0.25, 0.3) is 11.5 Å². The first-order valence-corrected chi connectivity index (χ1v) is 13.2. The van der Waals surface area contributed by atoms with E-state index in [-0.39, 0.29) is 41.6 Å². The first-order valence-electron chi connectivity index (χ1n) is 10.2. The van der Waals surface area contributed by atoms with E-state index in [0.29, 0.717) is 10.0 Å². The molecule has 0 spiro atoms. The molecule has 5 aromatic heterocycles. The van der Waals surface area contributed by atoms with Crippen molar-refractivity contribution >= 4 is 57.5 Å². The summed E-state index contributed by atoms with van der Waals surface area (Å²) in [6.45, 7) is 0.281. The van der Waals surface area contributed by atoms with Crippen LogP contribution in [0.15, 0.2) is 51.4 Å². The molecule has 0 aliphatic heterocycles. The van der Waals surface area contributed by atoms with E-state index in [0.717, 1.165) is 21.1 Å². The normalized spacial score (nSPS) is 10.9. The fourth-order valence-corrected chi connectivity index (χ4v) is 5.48. The second-order valence-corrected chi connectivity index (χ2v) is 10.5.